The van der Waals surface area contributed by atoms with Crippen LogP contribution in [-0.2, 0) is 6.54 Å². The Labute approximate surface area is 160 Å². The Kier molecular flexibility index (Phi) is 4.24. The minimum atomic E-state index is -0.235. The summed E-state index contributed by atoms with van der Waals surface area (Å²) in [5.74, 6) is 0.713. The average Bonchev–Trinajstić information content (AvgIpc) is 3.22. The summed E-state index contributed by atoms with van der Waals surface area (Å²) in [5, 5.41) is 8.01. The van der Waals surface area contributed by atoms with Gasteiger partial charge in [-0.1, -0.05) is 23.7 Å². The Balaban J connectivity index is 1.95. The SMILES string of the molecule is CCn1cc(Cl)c(-c2cc(=O)n3[nH]c(-c4ccccc4OC)c(C)c3n2)n1. The average molecular weight is 384 g/mol. The maximum Gasteiger partial charge on any atom is 0.273 e. The van der Waals surface area contributed by atoms with Gasteiger partial charge >= 0.3 is 0 Å². The summed E-state index contributed by atoms with van der Waals surface area (Å²) < 4.78 is 8.58. The Morgan fingerprint density at radius 2 is 2.07 bits per heavy atom. The van der Waals surface area contributed by atoms with Gasteiger partial charge in [0.25, 0.3) is 5.56 Å². The molecule has 3 heterocycles. The molecule has 0 radical (unpaired) electrons. The summed E-state index contributed by atoms with van der Waals surface area (Å²) in [4.78, 5) is 17.3. The molecular weight excluding hydrogens is 366 g/mol. The molecule has 3 aromatic heterocycles. The fraction of sp³-hybridized carbons (Fsp3) is 0.211. The third-order valence-corrected chi connectivity index (χ3v) is 4.79. The van der Waals surface area contributed by atoms with E-state index in [0.29, 0.717) is 34.4 Å². The molecule has 1 aromatic carbocycles. The lowest BCUT2D eigenvalue weighted by atomic mass is 10.1. The number of H-pyrrole nitrogens is 1. The van der Waals surface area contributed by atoms with Gasteiger partial charge in [-0.05, 0) is 26.0 Å². The molecule has 0 bridgehead atoms. The molecule has 0 saturated heterocycles. The Bertz CT molecular complexity index is 1200. The lowest BCUT2D eigenvalue weighted by Gasteiger charge is -2.06. The van der Waals surface area contributed by atoms with Gasteiger partial charge in [-0.15, -0.1) is 0 Å². The standard InChI is InChI=1S/C19H18ClN5O2/c1-4-24-10-13(20)18(22-24)14-9-16(26)25-19(21-14)11(2)17(23-25)12-7-5-6-8-15(12)27-3/h5-10,23H,4H2,1-3H3. The number of methoxy groups -OCH3 is 1. The first-order valence-corrected chi connectivity index (χ1v) is 8.90. The van der Waals surface area contributed by atoms with Crippen LogP contribution in [0.5, 0.6) is 5.75 Å². The molecule has 0 spiro atoms. The van der Waals surface area contributed by atoms with Crippen molar-refractivity contribution in [2.45, 2.75) is 20.4 Å². The first-order valence-electron chi connectivity index (χ1n) is 8.52. The lowest BCUT2D eigenvalue weighted by Crippen LogP contribution is -2.14. The number of nitrogens with one attached hydrogen (secondary N) is 1. The van der Waals surface area contributed by atoms with Crippen LogP contribution in [0.15, 0.2) is 41.3 Å². The molecule has 138 valence electrons. The van der Waals surface area contributed by atoms with Crippen molar-refractivity contribution < 1.29 is 4.74 Å². The molecule has 0 aliphatic carbocycles. The molecule has 8 heteroatoms. The maximum absolute atomic E-state index is 12.7. The van der Waals surface area contributed by atoms with Crippen molar-refractivity contribution in [2.75, 3.05) is 7.11 Å². The molecule has 0 aliphatic heterocycles. The van der Waals surface area contributed by atoms with Gasteiger partial charge in [0.1, 0.15) is 17.1 Å². The van der Waals surface area contributed by atoms with Crippen molar-refractivity contribution in [2.24, 2.45) is 0 Å². The summed E-state index contributed by atoms with van der Waals surface area (Å²) in [6.07, 6.45) is 1.73. The predicted octanol–water partition coefficient (Wildman–Crippen LogP) is 3.54. The van der Waals surface area contributed by atoms with Crippen molar-refractivity contribution in [3.05, 3.63) is 57.5 Å². The van der Waals surface area contributed by atoms with Gasteiger partial charge in [-0.3, -0.25) is 14.6 Å². The fourth-order valence-electron chi connectivity index (χ4n) is 3.12. The normalized spacial score (nSPS) is 11.3. The molecule has 27 heavy (non-hydrogen) atoms. The summed E-state index contributed by atoms with van der Waals surface area (Å²) in [7, 11) is 1.62. The zero-order valence-electron chi connectivity index (χ0n) is 15.2. The Hall–Kier alpha value is -3.06. The van der Waals surface area contributed by atoms with E-state index in [1.807, 2.05) is 38.1 Å². The molecule has 1 N–H and O–H groups in total. The third-order valence-electron chi connectivity index (χ3n) is 4.51. The maximum atomic E-state index is 12.7. The third kappa shape index (κ3) is 2.80. The van der Waals surface area contributed by atoms with Crippen molar-refractivity contribution in [3.8, 4) is 28.4 Å². The van der Waals surface area contributed by atoms with Crippen LogP contribution in [0.2, 0.25) is 5.02 Å². The quantitative estimate of drug-likeness (QED) is 0.584. The molecule has 4 aromatic rings. The van der Waals surface area contributed by atoms with E-state index in [2.05, 4.69) is 15.2 Å². The molecule has 0 fully saturated rings. The van der Waals surface area contributed by atoms with Crippen molar-refractivity contribution in [1.29, 1.82) is 0 Å². The number of aryl methyl sites for hydroxylation is 2. The van der Waals surface area contributed by atoms with E-state index in [0.717, 1.165) is 16.8 Å². The Morgan fingerprint density at radius 3 is 2.78 bits per heavy atom. The number of fused-ring (bicyclic) bond motifs is 1. The van der Waals surface area contributed by atoms with Crippen LogP contribution in [-0.4, -0.2) is 31.5 Å². The molecule has 0 atom stereocenters. The number of ether oxygens (including phenoxy) is 1. The zero-order valence-corrected chi connectivity index (χ0v) is 15.9. The lowest BCUT2D eigenvalue weighted by molar-refractivity contribution is 0.416. The summed E-state index contributed by atoms with van der Waals surface area (Å²) in [6.45, 7) is 4.56. The second kappa shape index (κ2) is 6.59. The highest BCUT2D eigenvalue weighted by atomic mass is 35.5. The number of benzene rings is 1. The van der Waals surface area contributed by atoms with Crippen molar-refractivity contribution in [3.63, 3.8) is 0 Å². The van der Waals surface area contributed by atoms with E-state index in [-0.39, 0.29) is 5.56 Å². The van der Waals surface area contributed by atoms with E-state index < -0.39 is 0 Å². The highest BCUT2D eigenvalue weighted by Gasteiger charge is 2.18. The van der Waals surface area contributed by atoms with Crippen molar-refractivity contribution >= 4 is 17.2 Å². The van der Waals surface area contributed by atoms with Gasteiger partial charge in [0.15, 0.2) is 5.65 Å². The number of para-hydroxylation sites is 1. The second-order valence-corrected chi connectivity index (χ2v) is 6.54. The van der Waals surface area contributed by atoms with E-state index in [9.17, 15) is 4.79 Å². The highest BCUT2D eigenvalue weighted by molar-refractivity contribution is 6.32. The number of rotatable bonds is 4. The molecule has 0 unspecified atom stereocenters. The van der Waals surface area contributed by atoms with E-state index in [4.69, 9.17) is 16.3 Å². The molecule has 0 aliphatic rings. The fourth-order valence-corrected chi connectivity index (χ4v) is 3.36. The number of hydrogen-bond donors (Lipinski definition) is 1. The largest absolute Gasteiger partial charge is 0.496 e. The molecule has 0 saturated carbocycles. The minimum Gasteiger partial charge on any atom is -0.496 e. The number of aromatic nitrogens is 5. The van der Waals surface area contributed by atoms with Crippen LogP contribution in [0.25, 0.3) is 28.3 Å². The summed E-state index contributed by atoms with van der Waals surface area (Å²) in [5.41, 5.74) is 3.71. The highest BCUT2D eigenvalue weighted by Crippen LogP contribution is 2.32. The van der Waals surface area contributed by atoms with E-state index in [1.165, 1.54) is 10.6 Å². The predicted molar refractivity (Wildman–Crippen MR) is 104 cm³/mol. The van der Waals surface area contributed by atoms with E-state index in [1.54, 1.807) is 18.0 Å². The minimum absolute atomic E-state index is 0.235. The van der Waals surface area contributed by atoms with Gasteiger partial charge in [-0.25, -0.2) is 9.50 Å². The number of aromatic amines is 1. The van der Waals surface area contributed by atoms with Crippen LogP contribution >= 0.6 is 11.6 Å². The summed E-state index contributed by atoms with van der Waals surface area (Å²) >= 11 is 6.29. The smallest absolute Gasteiger partial charge is 0.273 e. The Morgan fingerprint density at radius 1 is 1.30 bits per heavy atom. The van der Waals surface area contributed by atoms with Gasteiger partial charge in [0.2, 0.25) is 0 Å². The second-order valence-electron chi connectivity index (χ2n) is 6.13. The first kappa shape index (κ1) is 17.4. The molecule has 4 rings (SSSR count). The molecular formula is C19H18ClN5O2. The van der Waals surface area contributed by atoms with Crippen LogP contribution < -0.4 is 10.3 Å². The summed E-state index contributed by atoms with van der Waals surface area (Å²) in [6, 6.07) is 9.06. The van der Waals surface area contributed by atoms with Gasteiger partial charge in [0.05, 0.1) is 17.8 Å². The van der Waals surface area contributed by atoms with Gasteiger partial charge in [0, 0.05) is 29.9 Å². The van der Waals surface area contributed by atoms with Crippen LogP contribution in [0.1, 0.15) is 12.5 Å². The molecule has 7 nitrogen and oxygen atoms in total. The van der Waals surface area contributed by atoms with Crippen LogP contribution in [0.3, 0.4) is 0 Å². The first-order chi connectivity index (χ1) is 13.0. The van der Waals surface area contributed by atoms with E-state index >= 15 is 0 Å². The number of hydrogen-bond acceptors (Lipinski definition) is 4. The van der Waals surface area contributed by atoms with Gasteiger partial charge in [-0.2, -0.15) is 5.10 Å². The topological polar surface area (TPSA) is 77.2 Å². The van der Waals surface area contributed by atoms with Gasteiger partial charge < -0.3 is 4.74 Å². The number of halogens is 1. The zero-order chi connectivity index (χ0) is 19.1. The molecule has 0 amide bonds. The number of nitrogens with zero attached hydrogens (tertiary/aromatic N) is 4. The monoisotopic (exact) mass is 383 g/mol. The van der Waals surface area contributed by atoms with Crippen LogP contribution in [0, 0.1) is 6.92 Å². The van der Waals surface area contributed by atoms with Crippen molar-refractivity contribution in [1.82, 2.24) is 24.4 Å². The van der Waals surface area contributed by atoms with Crippen LogP contribution in [0.4, 0.5) is 0 Å².